The highest BCUT2D eigenvalue weighted by atomic mass is 14.6. The van der Waals surface area contributed by atoms with E-state index in [1.165, 1.54) is 19.3 Å². The Balaban J connectivity index is 0.000000755. The highest BCUT2D eigenvalue weighted by molar-refractivity contribution is 5.29. The molecule has 4 rings (SSSR count). The summed E-state index contributed by atoms with van der Waals surface area (Å²) >= 11 is 0. The van der Waals surface area contributed by atoms with Crippen molar-refractivity contribution in [2.24, 2.45) is 58.2 Å². The maximum atomic E-state index is 2.61. The minimum Gasteiger partial charge on any atom is -0.0805 e. The van der Waals surface area contributed by atoms with Gasteiger partial charge in [0.05, 0.1) is 0 Å². The zero-order chi connectivity index (χ0) is 21.4. The molecule has 0 bridgehead atoms. The van der Waals surface area contributed by atoms with Crippen LogP contribution in [-0.2, 0) is 0 Å². The second-order valence-corrected chi connectivity index (χ2v) is 12.0. The van der Waals surface area contributed by atoms with Crippen molar-refractivity contribution in [1.29, 1.82) is 0 Å². The maximum Gasteiger partial charge on any atom is -0.00954 e. The second kappa shape index (κ2) is 8.60. The summed E-state index contributed by atoms with van der Waals surface area (Å²) in [6.45, 7) is 19.4. The molecule has 0 N–H and O–H groups in total. The largest absolute Gasteiger partial charge is 0.0805 e. The summed E-state index contributed by atoms with van der Waals surface area (Å²) in [5.74, 6) is 6.13. The molecular weight excluding hydrogens is 348 g/mol. The fraction of sp³-hybridized carbons (Fsp3) is 0.724. The third-order valence-electron chi connectivity index (χ3n) is 8.64. The van der Waals surface area contributed by atoms with Gasteiger partial charge in [-0.05, 0) is 71.0 Å². The van der Waals surface area contributed by atoms with Gasteiger partial charge in [-0.3, -0.25) is 0 Å². The van der Waals surface area contributed by atoms with Crippen LogP contribution in [0, 0.1) is 58.2 Å². The average Bonchev–Trinajstić information content (AvgIpc) is 3.21. The zero-order valence-electron chi connectivity index (χ0n) is 20.4. The van der Waals surface area contributed by atoms with E-state index in [2.05, 4.69) is 104 Å². The molecule has 0 amide bonds. The summed E-state index contributed by atoms with van der Waals surface area (Å²) in [5.41, 5.74) is 0.827. The van der Waals surface area contributed by atoms with Gasteiger partial charge in [0.25, 0.3) is 0 Å². The Labute approximate surface area is 181 Å². The molecule has 0 radical (unpaired) electrons. The van der Waals surface area contributed by atoms with Crippen LogP contribution in [0.3, 0.4) is 0 Å². The lowest BCUT2D eigenvalue weighted by Crippen LogP contribution is -2.39. The van der Waals surface area contributed by atoms with E-state index in [0.29, 0.717) is 34.5 Å². The Kier molecular flexibility index (Phi) is 6.72. The van der Waals surface area contributed by atoms with E-state index in [0.717, 1.165) is 23.7 Å². The Bertz CT molecular complexity index is 631. The van der Waals surface area contributed by atoms with Crippen LogP contribution in [0.25, 0.3) is 0 Å². The van der Waals surface area contributed by atoms with Gasteiger partial charge < -0.3 is 0 Å². The number of hydrogen-bond acceptors (Lipinski definition) is 0. The molecule has 162 valence electrons. The fourth-order valence-corrected chi connectivity index (χ4v) is 7.26. The van der Waals surface area contributed by atoms with Gasteiger partial charge in [-0.1, -0.05) is 110 Å². The lowest BCUT2D eigenvalue weighted by molar-refractivity contribution is 0.0498. The quantitative estimate of drug-likeness (QED) is 0.440. The number of hydrogen-bond donors (Lipinski definition) is 0. The van der Waals surface area contributed by atoms with E-state index in [1.54, 1.807) is 0 Å². The Hall–Kier alpha value is -1.04. The molecule has 0 spiro atoms. The van der Waals surface area contributed by atoms with Crippen molar-refractivity contribution in [3.63, 3.8) is 0 Å². The van der Waals surface area contributed by atoms with E-state index in [9.17, 15) is 0 Å². The SMILES string of the molecule is CC1CC(C(C)(C)C)CC1C(C)(C)C1C2C=CC=CC2C2C=CC=CC21.CCC. The highest BCUT2D eigenvalue weighted by Gasteiger charge is 2.56. The Morgan fingerprint density at radius 2 is 1.10 bits per heavy atom. The molecule has 4 aliphatic rings. The van der Waals surface area contributed by atoms with E-state index in [-0.39, 0.29) is 0 Å². The number of rotatable bonds is 2. The Morgan fingerprint density at radius 3 is 1.48 bits per heavy atom. The molecule has 0 heteroatoms. The normalized spacial score (nSPS) is 40.4. The number of fused-ring (bicyclic) bond motifs is 3. The Morgan fingerprint density at radius 1 is 0.690 bits per heavy atom. The van der Waals surface area contributed by atoms with Crippen LogP contribution in [0.5, 0.6) is 0 Å². The van der Waals surface area contributed by atoms with Crippen molar-refractivity contribution < 1.29 is 0 Å². The summed E-state index contributed by atoms with van der Waals surface area (Å²) in [5, 5.41) is 0. The topological polar surface area (TPSA) is 0 Å². The predicted molar refractivity (Wildman–Crippen MR) is 129 cm³/mol. The fourth-order valence-electron chi connectivity index (χ4n) is 7.26. The molecule has 2 fully saturated rings. The molecule has 0 aliphatic heterocycles. The van der Waals surface area contributed by atoms with Gasteiger partial charge in [0.2, 0.25) is 0 Å². The first-order chi connectivity index (χ1) is 13.6. The van der Waals surface area contributed by atoms with Crippen LogP contribution in [0.15, 0.2) is 48.6 Å². The molecule has 0 aromatic carbocycles. The third kappa shape index (κ3) is 4.24. The first-order valence-electron chi connectivity index (χ1n) is 12.3. The lowest BCUT2D eigenvalue weighted by Gasteiger charge is -2.45. The summed E-state index contributed by atoms with van der Waals surface area (Å²) in [7, 11) is 0. The molecular formula is C29H46. The monoisotopic (exact) mass is 394 g/mol. The van der Waals surface area contributed by atoms with Crippen LogP contribution >= 0.6 is 0 Å². The van der Waals surface area contributed by atoms with E-state index >= 15 is 0 Å². The molecule has 29 heavy (non-hydrogen) atoms. The van der Waals surface area contributed by atoms with Crippen LogP contribution < -0.4 is 0 Å². The minimum absolute atomic E-state index is 0.382. The smallest absolute Gasteiger partial charge is 0.00954 e. The predicted octanol–water partition coefficient (Wildman–Crippen LogP) is 8.48. The molecule has 0 saturated heterocycles. The molecule has 0 heterocycles. The molecule has 4 aliphatic carbocycles. The van der Waals surface area contributed by atoms with Gasteiger partial charge in [0.15, 0.2) is 0 Å². The molecule has 0 nitrogen and oxygen atoms in total. The molecule has 2 saturated carbocycles. The third-order valence-corrected chi connectivity index (χ3v) is 8.64. The maximum absolute atomic E-state index is 2.61. The highest BCUT2D eigenvalue weighted by Crippen LogP contribution is 2.62. The molecule has 0 aromatic heterocycles. The van der Waals surface area contributed by atoms with Gasteiger partial charge in [-0.15, -0.1) is 0 Å². The first-order valence-corrected chi connectivity index (χ1v) is 12.3. The van der Waals surface area contributed by atoms with E-state index in [4.69, 9.17) is 0 Å². The zero-order valence-corrected chi connectivity index (χ0v) is 20.4. The van der Waals surface area contributed by atoms with E-state index in [1.807, 2.05) is 0 Å². The van der Waals surface area contributed by atoms with Crippen molar-refractivity contribution >= 4 is 0 Å². The standard InChI is InChI=1S/C26H38.C3H8/c1-17-15-18(25(2,3)4)16-23(17)26(5,6)24-21-13-9-7-11-19(21)20-12-8-10-14-22(20)24;1-3-2/h7-14,17-24H,15-16H2,1-6H3;3H2,1-2H3. The summed E-state index contributed by atoms with van der Waals surface area (Å²) < 4.78 is 0. The van der Waals surface area contributed by atoms with Crippen molar-refractivity contribution in [3.8, 4) is 0 Å². The van der Waals surface area contributed by atoms with Crippen LogP contribution in [0.1, 0.15) is 74.7 Å². The van der Waals surface area contributed by atoms with Gasteiger partial charge in [-0.2, -0.15) is 0 Å². The van der Waals surface area contributed by atoms with Gasteiger partial charge >= 0.3 is 0 Å². The number of allylic oxidation sites excluding steroid dienone is 8. The van der Waals surface area contributed by atoms with Crippen molar-refractivity contribution in [2.75, 3.05) is 0 Å². The molecule has 7 atom stereocenters. The van der Waals surface area contributed by atoms with Crippen LogP contribution in [-0.4, -0.2) is 0 Å². The van der Waals surface area contributed by atoms with Crippen molar-refractivity contribution in [1.82, 2.24) is 0 Å². The van der Waals surface area contributed by atoms with Crippen molar-refractivity contribution in [3.05, 3.63) is 48.6 Å². The summed E-state index contributed by atoms with van der Waals surface area (Å²) in [6.07, 6.45) is 23.4. The second-order valence-electron chi connectivity index (χ2n) is 12.0. The van der Waals surface area contributed by atoms with Crippen LogP contribution in [0.2, 0.25) is 0 Å². The van der Waals surface area contributed by atoms with Crippen molar-refractivity contribution in [2.45, 2.75) is 74.7 Å². The lowest BCUT2D eigenvalue weighted by atomic mass is 9.59. The molecule has 0 aromatic rings. The summed E-state index contributed by atoms with van der Waals surface area (Å²) in [6, 6.07) is 0. The molecule has 7 unspecified atom stereocenters. The minimum atomic E-state index is 0.382. The van der Waals surface area contributed by atoms with Gasteiger partial charge in [-0.25, -0.2) is 0 Å². The van der Waals surface area contributed by atoms with E-state index < -0.39 is 0 Å². The summed E-state index contributed by atoms with van der Waals surface area (Å²) in [4.78, 5) is 0. The van der Waals surface area contributed by atoms with Crippen LogP contribution in [0.4, 0.5) is 0 Å². The average molecular weight is 395 g/mol. The van der Waals surface area contributed by atoms with Gasteiger partial charge in [0.1, 0.15) is 0 Å². The van der Waals surface area contributed by atoms with Gasteiger partial charge in [0, 0.05) is 0 Å². The first kappa shape index (κ1) is 22.6.